The normalized spacial score (nSPS) is 12.6. The van der Waals surface area contributed by atoms with Crippen LogP contribution in [0.3, 0.4) is 0 Å². The van der Waals surface area contributed by atoms with Crippen molar-refractivity contribution in [3.05, 3.63) is 40.3 Å². The van der Waals surface area contributed by atoms with Crippen molar-refractivity contribution in [2.24, 2.45) is 5.73 Å². The summed E-state index contributed by atoms with van der Waals surface area (Å²) in [6, 6.07) is 6.93. The lowest BCUT2D eigenvalue weighted by Gasteiger charge is -2.26. The molecule has 9 nitrogen and oxygen atoms in total. The van der Waals surface area contributed by atoms with Crippen molar-refractivity contribution in [3.63, 3.8) is 0 Å². The molecule has 3 amide bonds. The molecule has 1 aromatic heterocycles. The van der Waals surface area contributed by atoms with Crippen LogP contribution in [0.15, 0.2) is 24.3 Å². The Balaban J connectivity index is 1.66. The van der Waals surface area contributed by atoms with Crippen LogP contribution in [0.5, 0.6) is 11.5 Å². The third-order valence-electron chi connectivity index (χ3n) is 4.59. The number of carbonyl (C=O) groups is 3. The maximum Gasteiger partial charge on any atom is 0.410 e. The first-order valence-electron chi connectivity index (χ1n) is 9.94. The van der Waals surface area contributed by atoms with Crippen molar-refractivity contribution in [3.8, 4) is 11.5 Å². The van der Waals surface area contributed by atoms with Gasteiger partial charge in [0, 0.05) is 11.4 Å². The molecule has 0 spiro atoms. The molecule has 166 valence electrons. The van der Waals surface area contributed by atoms with Crippen LogP contribution in [0.2, 0.25) is 0 Å². The molecule has 0 saturated carbocycles. The summed E-state index contributed by atoms with van der Waals surface area (Å²) >= 11 is 1.23. The van der Waals surface area contributed by atoms with Gasteiger partial charge in [-0.2, -0.15) is 0 Å². The molecule has 1 aliphatic rings. The number of nitrogens with one attached hydrogen (secondary N) is 1. The Morgan fingerprint density at radius 2 is 1.77 bits per heavy atom. The van der Waals surface area contributed by atoms with Crippen molar-refractivity contribution >= 4 is 34.2 Å². The lowest BCUT2D eigenvalue weighted by molar-refractivity contribution is -0.118. The lowest BCUT2D eigenvalue weighted by atomic mass is 10.0. The first-order valence-corrected chi connectivity index (χ1v) is 10.8. The molecule has 2 heterocycles. The summed E-state index contributed by atoms with van der Waals surface area (Å²) in [6.07, 6.45) is 0.0538. The zero-order valence-corrected chi connectivity index (χ0v) is 18.3. The van der Waals surface area contributed by atoms with Crippen LogP contribution < -0.4 is 20.5 Å². The van der Waals surface area contributed by atoms with Gasteiger partial charge in [-0.3, -0.25) is 9.59 Å². The topological polar surface area (TPSA) is 120 Å². The van der Waals surface area contributed by atoms with Gasteiger partial charge in [-0.05, 0) is 50.1 Å². The van der Waals surface area contributed by atoms with E-state index in [1.54, 1.807) is 36.1 Å². The number of anilines is 1. The van der Waals surface area contributed by atoms with Gasteiger partial charge in [-0.1, -0.05) is 0 Å². The van der Waals surface area contributed by atoms with Crippen LogP contribution in [0.4, 0.5) is 9.80 Å². The van der Waals surface area contributed by atoms with Crippen LogP contribution in [-0.2, 0) is 22.5 Å². The summed E-state index contributed by atoms with van der Waals surface area (Å²) in [6.45, 7) is 4.97. The summed E-state index contributed by atoms with van der Waals surface area (Å²) in [4.78, 5) is 38.8. The van der Waals surface area contributed by atoms with E-state index in [1.165, 1.54) is 11.3 Å². The molecule has 10 heteroatoms. The minimum absolute atomic E-state index is 0.232. The number of rotatable bonds is 8. The summed E-state index contributed by atoms with van der Waals surface area (Å²) in [7, 11) is 0. The number of thiophene rings is 1. The molecule has 0 atom stereocenters. The Bertz CT molecular complexity index is 957. The van der Waals surface area contributed by atoms with Gasteiger partial charge in [0.15, 0.2) is 6.61 Å². The number of fused-ring (bicyclic) bond motifs is 1. The molecule has 0 aliphatic carbocycles. The molecule has 1 aromatic carbocycles. The molecule has 0 bridgehead atoms. The molecule has 2 aromatic rings. The SMILES string of the molecule is CCOC(=O)N1CCc2c(sc(NC(=O)COc3ccc(OCC)cc3)c2C(N)=O)C1. The van der Waals surface area contributed by atoms with Crippen LogP contribution in [-0.4, -0.2) is 49.2 Å². The largest absolute Gasteiger partial charge is 0.494 e. The van der Waals surface area contributed by atoms with Crippen LogP contribution in [0.25, 0.3) is 0 Å². The van der Waals surface area contributed by atoms with Crippen LogP contribution >= 0.6 is 11.3 Å². The van der Waals surface area contributed by atoms with E-state index in [-0.39, 0.29) is 18.8 Å². The first kappa shape index (κ1) is 22.4. The van der Waals surface area contributed by atoms with Gasteiger partial charge in [-0.25, -0.2) is 4.79 Å². The highest BCUT2D eigenvalue weighted by atomic mass is 32.1. The van der Waals surface area contributed by atoms with E-state index in [1.807, 2.05) is 6.92 Å². The van der Waals surface area contributed by atoms with E-state index >= 15 is 0 Å². The highest BCUT2D eigenvalue weighted by Crippen LogP contribution is 2.37. The van der Waals surface area contributed by atoms with Crippen LogP contribution in [0.1, 0.15) is 34.6 Å². The molecule has 3 N–H and O–H groups in total. The Labute approximate surface area is 184 Å². The molecule has 0 fully saturated rings. The average molecular weight is 448 g/mol. The van der Waals surface area contributed by atoms with E-state index in [4.69, 9.17) is 19.9 Å². The van der Waals surface area contributed by atoms with E-state index in [9.17, 15) is 14.4 Å². The summed E-state index contributed by atoms with van der Waals surface area (Å²) in [5.74, 6) is 0.192. The summed E-state index contributed by atoms with van der Waals surface area (Å²) in [5, 5.41) is 3.08. The zero-order chi connectivity index (χ0) is 22.4. The van der Waals surface area contributed by atoms with Gasteiger partial charge in [0.05, 0.1) is 25.3 Å². The fraction of sp³-hybridized carbons (Fsp3) is 0.381. The lowest BCUT2D eigenvalue weighted by Crippen LogP contribution is -2.36. The third-order valence-corrected chi connectivity index (χ3v) is 5.72. The highest BCUT2D eigenvalue weighted by molar-refractivity contribution is 7.17. The summed E-state index contributed by atoms with van der Waals surface area (Å²) < 4.78 is 15.9. The van der Waals surface area contributed by atoms with E-state index in [2.05, 4.69) is 5.32 Å². The Morgan fingerprint density at radius 3 is 2.39 bits per heavy atom. The zero-order valence-electron chi connectivity index (χ0n) is 17.4. The van der Waals surface area contributed by atoms with Gasteiger partial charge < -0.3 is 30.2 Å². The predicted molar refractivity (Wildman–Crippen MR) is 116 cm³/mol. The second kappa shape index (κ2) is 10.2. The van der Waals surface area contributed by atoms with Crippen molar-refractivity contribution in [2.45, 2.75) is 26.8 Å². The van der Waals surface area contributed by atoms with Crippen LogP contribution in [0, 0.1) is 0 Å². The van der Waals surface area contributed by atoms with Gasteiger partial charge in [0.1, 0.15) is 16.5 Å². The third kappa shape index (κ3) is 5.46. The second-order valence-corrected chi connectivity index (χ2v) is 7.79. The standard InChI is InChI=1S/C21H25N3O6S/c1-3-28-13-5-7-14(8-6-13)30-12-17(25)23-20-18(19(22)26)15-9-10-24(11-16(15)31-20)21(27)29-4-2/h5-8H,3-4,9-12H2,1-2H3,(H2,22,26)(H,23,25). The number of nitrogens with zero attached hydrogens (tertiary/aromatic N) is 1. The van der Waals surface area contributed by atoms with Gasteiger partial charge in [0.25, 0.3) is 11.8 Å². The number of benzene rings is 1. The second-order valence-electron chi connectivity index (χ2n) is 6.68. The van der Waals surface area contributed by atoms with Gasteiger partial charge in [0.2, 0.25) is 0 Å². The van der Waals surface area contributed by atoms with Crippen molar-refractivity contribution in [1.82, 2.24) is 4.90 Å². The Hall–Kier alpha value is -3.27. The quantitative estimate of drug-likeness (QED) is 0.642. The molecule has 0 radical (unpaired) electrons. The monoisotopic (exact) mass is 447 g/mol. The molecular weight excluding hydrogens is 422 g/mol. The number of carbonyl (C=O) groups excluding carboxylic acids is 3. The number of amides is 3. The van der Waals surface area contributed by atoms with Gasteiger partial charge >= 0.3 is 6.09 Å². The van der Waals surface area contributed by atoms with Crippen molar-refractivity contribution < 1.29 is 28.6 Å². The fourth-order valence-electron chi connectivity index (χ4n) is 3.23. The number of hydrogen-bond donors (Lipinski definition) is 2. The molecule has 31 heavy (non-hydrogen) atoms. The first-order chi connectivity index (χ1) is 14.9. The van der Waals surface area contributed by atoms with E-state index in [0.29, 0.717) is 42.6 Å². The Morgan fingerprint density at radius 1 is 1.10 bits per heavy atom. The maximum absolute atomic E-state index is 12.4. The highest BCUT2D eigenvalue weighted by Gasteiger charge is 2.30. The number of hydrogen-bond acceptors (Lipinski definition) is 7. The summed E-state index contributed by atoms with van der Waals surface area (Å²) in [5.41, 5.74) is 6.63. The Kier molecular flexibility index (Phi) is 7.35. The smallest absolute Gasteiger partial charge is 0.410 e. The molecular formula is C21H25N3O6S. The molecule has 3 rings (SSSR count). The van der Waals surface area contributed by atoms with Crippen molar-refractivity contribution in [1.29, 1.82) is 0 Å². The van der Waals surface area contributed by atoms with Gasteiger partial charge in [-0.15, -0.1) is 11.3 Å². The fourth-order valence-corrected chi connectivity index (χ4v) is 4.52. The van der Waals surface area contributed by atoms with E-state index in [0.717, 1.165) is 10.4 Å². The molecule has 0 saturated heterocycles. The predicted octanol–water partition coefficient (Wildman–Crippen LogP) is 2.78. The van der Waals surface area contributed by atoms with Crippen molar-refractivity contribution in [2.75, 3.05) is 31.7 Å². The minimum atomic E-state index is -0.621. The number of ether oxygens (including phenoxy) is 3. The number of nitrogens with two attached hydrogens (primary N) is 1. The molecule has 1 aliphatic heterocycles. The molecule has 0 unspecified atom stereocenters. The number of primary amides is 1. The minimum Gasteiger partial charge on any atom is -0.494 e. The van der Waals surface area contributed by atoms with E-state index < -0.39 is 17.9 Å². The average Bonchev–Trinajstić information content (AvgIpc) is 3.10. The maximum atomic E-state index is 12.4.